The molecule has 0 heterocycles. The van der Waals surface area contributed by atoms with Crippen LogP contribution in [0.2, 0.25) is 0 Å². The molecule has 0 aliphatic carbocycles. The Balaban J connectivity index is 1.68. The molecule has 2 rings (SSSR count). The van der Waals surface area contributed by atoms with E-state index in [1.807, 2.05) is 48.5 Å². The van der Waals surface area contributed by atoms with Gasteiger partial charge in [-0.15, -0.1) is 0 Å². The van der Waals surface area contributed by atoms with Gasteiger partial charge in [-0.25, -0.2) is 0 Å². The molecule has 0 atom stereocenters. The highest BCUT2D eigenvalue weighted by atomic mass is 79.9. The van der Waals surface area contributed by atoms with Crippen LogP contribution < -0.4 is 9.47 Å². The predicted molar refractivity (Wildman–Crippen MR) is 126 cm³/mol. The second-order valence-electron chi connectivity index (χ2n) is 7.13. The maximum Gasteiger partial charge on any atom is 0.119 e. The van der Waals surface area contributed by atoms with E-state index in [0.717, 1.165) is 66.9 Å². The van der Waals surface area contributed by atoms with Gasteiger partial charge in [0.1, 0.15) is 11.5 Å². The van der Waals surface area contributed by atoms with Crippen molar-refractivity contribution in [1.29, 1.82) is 0 Å². The molecule has 30 heavy (non-hydrogen) atoms. The number of azo groups is 1. The molecule has 2 aromatic rings. The molecule has 0 unspecified atom stereocenters. The summed E-state index contributed by atoms with van der Waals surface area (Å²) in [6.07, 6.45) is 8.74. The maximum absolute atomic E-state index is 8.76. The minimum Gasteiger partial charge on any atom is -0.494 e. The number of halogens is 1. The van der Waals surface area contributed by atoms with Crippen LogP contribution in [0.5, 0.6) is 11.5 Å². The summed E-state index contributed by atoms with van der Waals surface area (Å²) in [5, 5.41) is 18.4. The van der Waals surface area contributed by atoms with Crippen LogP contribution in [0.15, 0.2) is 58.8 Å². The van der Waals surface area contributed by atoms with Gasteiger partial charge < -0.3 is 14.6 Å². The first-order valence-corrected chi connectivity index (χ1v) is 12.0. The normalized spacial score (nSPS) is 11.1. The summed E-state index contributed by atoms with van der Waals surface area (Å²) in [4.78, 5) is 0. The Morgan fingerprint density at radius 2 is 1.03 bits per heavy atom. The van der Waals surface area contributed by atoms with Gasteiger partial charge in [-0.1, -0.05) is 35.2 Å². The van der Waals surface area contributed by atoms with E-state index in [2.05, 4.69) is 26.2 Å². The van der Waals surface area contributed by atoms with Gasteiger partial charge in [0.05, 0.1) is 24.6 Å². The molecule has 0 aliphatic heterocycles. The number of nitrogens with zero attached hydrogens (tertiary/aromatic N) is 2. The Bertz CT molecular complexity index is 644. The molecular formula is C24H33BrN2O3. The molecule has 0 aromatic heterocycles. The minimum absolute atomic E-state index is 0.271. The Morgan fingerprint density at radius 1 is 0.600 bits per heavy atom. The lowest BCUT2D eigenvalue weighted by atomic mass is 10.2. The van der Waals surface area contributed by atoms with Gasteiger partial charge in [-0.2, -0.15) is 10.2 Å². The molecule has 0 amide bonds. The number of alkyl halides is 1. The third-order valence-corrected chi connectivity index (χ3v) is 5.13. The van der Waals surface area contributed by atoms with Gasteiger partial charge in [0.15, 0.2) is 0 Å². The lowest BCUT2D eigenvalue weighted by Gasteiger charge is -2.06. The number of benzene rings is 2. The van der Waals surface area contributed by atoms with Crippen LogP contribution >= 0.6 is 15.9 Å². The third-order valence-electron chi connectivity index (χ3n) is 4.57. The summed E-state index contributed by atoms with van der Waals surface area (Å²) in [6.45, 7) is 1.71. The third kappa shape index (κ3) is 10.7. The zero-order valence-corrected chi connectivity index (χ0v) is 19.2. The summed E-state index contributed by atoms with van der Waals surface area (Å²) in [5.41, 5.74) is 1.58. The summed E-state index contributed by atoms with van der Waals surface area (Å²) in [7, 11) is 0. The summed E-state index contributed by atoms with van der Waals surface area (Å²) in [5.74, 6) is 1.71. The molecule has 1 N–H and O–H groups in total. The average Bonchev–Trinajstić information content (AvgIpc) is 2.79. The molecule has 0 spiro atoms. The lowest BCUT2D eigenvalue weighted by Crippen LogP contribution is -1.97. The van der Waals surface area contributed by atoms with Crippen LogP contribution in [0.25, 0.3) is 0 Å². The van der Waals surface area contributed by atoms with E-state index in [9.17, 15) is 0 Å². The SMILES string of the molecule is OCCCCCCOc1ccc(N=Nc2ccc(OCCCCCCBr)cc2)cc1. The molecule has 0 saturated carbocycles. The highest BCUT2D eigenvalue weighted by Crippen LogP contribution is 2.23. The highest BCUT2D eigenvalue weighted by Gasteiger charge is 1.98. The van der Waals surface area contributed by atoms with Crippen molar-refractivity contribution in [3.05, 3.63) is 48.5 Å². The van der Waals surface area contributed by atoms with E-state index in [1.54, 1.807) is 0 Å². The van der Waals surface area contributed by atoms with Gasteiger partial charge in [0, 0.05) is 11.9 Å². The number of aliphatic hydroxyl groups is 1. The molecule has 0 radical (unpaired) electrons. The Hall–Kier alpha value is -1.92. The average molecular weight is 477 g/mol. The molecule has 0 bridgehead atoms. The molecule has 6 heteroatoms. The fourth-order valence-corrected chi connectivity index (χ4v) is 3.23. The standard InChI is InChI=1S/C24H33BrN2O3/c25-17-5-1-3-7-19-29-23-13-9-21(10-14-23)26-27-22-11-15-24(16-12-22)30-20-8-4-2-6-18-28/h9-16,28H,1-8,17-20H2. The summed E-state index contributed by atoms with van der Waals surface area (Å²) in [6, 6.07) is 15.3. The van der Waals surface area contributed by atoms with E-state index in [-0.39, 0.29) is 6.61 Å². The maximum atomic E-state index is 8.76. The zero-order valence-electron chi connectivity index (χ0n) is 17.6. The minimum atomic E-state index is 0.271. The van der Waals surface area contributed by atoms with Crippen molar-refractivity contribution in [1.82, 2.24) is 0 Å². The molecule has 0 saturated heterocycles. The number of hydrogen-bond donors (Lipinski definition) is 1. The van der Waals surface area contributed by atoms with E-state index in [4.69, 9.17) is 14.6 Å². The van der Waals surface area contributed by atoms with Crippen LogP contribution in [-0.4, -0.2) is 30.3 Å². The Labute approximate surface area is 188 Å². The van der Waals surface area contributed by atoms with E-state index in [0.29, 0.717) is 6.61 Å². The van der Waals surface area contributed by atoms with Gasteiger partial charge in [-0.05, 0) is 80.6 Å². The van der Waals surface area contributed by atoms with Crippen LogP contribution in [-0.2, 0) is 0 Å². The van der Waals surface area contributed by atoms with Crippen LogP contribution in [0, 0.1) is 0 Å². The lowest BCUT2D eigenvalue weighted by molar-refractivity contribution is 0.273. The second kappa shape index (κ2) is 15.9. The molecule has 5 nitrogen and oxygen atoms in total. The van der Waals surface area contributed by atoms with Crippen molar-refractivity contribution in [2.45, 2.75) is 51.4 Å². The fourth-order valence-electron chi connectivity index (χ4n) is 2.83. The first kappa shape index (κ1) is 24.4. The first-order chi connectivity index (χ1) is 14.8. The van der Waals surface area contributed by atoms with Crippen molar-refractivity contribution >= 4 is 27.3 Å². The molecule has 0 aliphatic rings. The fraction of sp³-hybridized carbons (Fsp3) is 0.500. The summed E-state index contributed by atoms with van der Waals surface area (Å²) >= 11 is 3.45. The van der Waals surface area contributed by atoms with Gasteiger partial charge in [-0.3, -0.25) is 0 Å². The first-order valence-electron chi connectivity index (χ1n) is 10.9. The topological polar surface area (TPSA) is 63.4 Å². The largest absolute Gasteiger partial charge is 0.494 e. The van der Waals surface area contributed by atoms with E-state index >= 15 is 0 Å². The van der Waals surface area contributed by atoms with Crippen LogP contribution in [0.1, 0.15) is 51.4 Å². The number of ether oxygens (including phenoxy) is 2. The van der Waals surface area contributed by atoms with Crippen LogP contribution in [0.4, 0.5) is 11.4 Å². The highest BCUT2D eigenvalue weighted by molar-refractivity contribution is 9.09. The molecular weight excluding hydrogens is 444 g/mol. The van der Waals surface area contributed by atoms with Crippen molar-refractivity contribution in [3.8, 4) is 11.5 Å². The molecule has 164 valence electrons. The van der Waals surface area contributed by atoms with Crippen molar-refractivity contribution < 1.29 is 14.6 Å². The van der Waals surface area contributed by atoms with E-state index < -0.39 is 0 Å². The summed E-state index contributed by atoms with van der Waals surface area (Å²) < 4.78 is 11.5. The second-order valence-corrected chi connectivity index (χ2v) is 7.92. The number of hydrogen-bond acceptors (Lipinski definition) is 5. The Morgan fingerprint density at radius 3 is 1.47 bits per heavy atom. The van der Waals surface area contributed by atoms with Crippen LogP contribution in [0.3, 0.4) is 0 Å². The monoisotopic (exact) mass is 476 g/mol. The van der Waals surface area contributed by atoms with E-state index in [1.165, 1.54) is 19.3 Å². The predicted octanol–water partition coefficient (Wildman–Crippen LogP) is 7.37. The number of unbranched alkanes of at least 4 members (excludes halogenated alkanes) is 6. The Kier molecular flexibility index (Phi) is 12.9. The smallest absolute Gasteiger partial charge is 0.119 e. The molecule has 2 aromatic carbocycles. The van der Waals surface area contributed by atoms with Gasteiger partial charge in [0.2, 0.25) is 0 Å². The number of aliphatic hydroxyl groups excluding tert-OH is 1. The quantitative estimate of drug-likeness (QED) is 0.156. The number of rotatable bonds is 16. The molecule has 0 fully saturated rings. The van der Waals surface area contributed by atoms with Crippen molar-refractivity contribution in [3.63, 3.8) is 0 Å². The zero-order chi connectivity index (χ0) is 21.3. The van der Waals surface area contributed by atoms with Gasteiger partial charge in [0.25, 0.3) is 0 Å². The van der Waals surface area contributed by atoms with Crippen molar-refractivity contribution in [2.24, 2.45) is 10.2 Å². The van der Waals surface area contributed by atoms with Crippen molar-refractivity contribution in [2.75, 3.05) is 25.2 Å². The van der Waals surface area contributed by atoms with Gasteiger partial charge >= 0.3 is 0 Å².